The van der Waals surface area contributed by atoms with Crippen LogP contribution in [0.5, 0.6) is 0 Å². The second kappa shape index (κ2) is 6.99. The Balaban J connectivity index is 2.29. The topological polar surface area (TPSA) is 62.3 Å². The van der Waals surface area contributed by atoms with Gasteiger partial charge in [0, 0.05) is 30.8 Å². The van der Waals surface area contributed by atoms with E-state index in [4.69, 9.17) is 15.9 Å². The van der Waals surface area contributed by atoms with Crippen LogP contribution in [-0.4, -0.2) is 38.9 Å². The molecule has 1 saturated heterocycles. The number of rotatable bonds is 5. The van der Waals surface area contributed by atoms with Crippen molar-refractivity contribution in [2.24, 2.45) is 11.7 Å². The summed E-state index contributed by atoms with van der Waals surface area (Å²) in [5, 5.41) is 7.88. The summed E-state index contributed by atoms with van der Waals surface area (Å²) in [6.07, 6.45) is 4.40. The van der Waals surface area contributed by atoms with Gasteiger partial charge in [0.25, 0.3) is 0 Å². The van der Waals surface area contributed by atoms with E-state index < -0.39 is 0 Å². The average molecular weight is 293 g/mol. The first-order valence-electron chi connectivity index (χ1n) is 6.92. The second-order valence-electron chi connectivity index (χ2n) is 5.18. The van der Waals surface area contributed by atoms with E-state index in [2.05, 4.69) is 11.0 Å². The number of amidine groups is 1. The molecule has 1 heterocycles. The lowest BCUT2D eigenvalue weighted by molar-refractivity contribution is 0.143. The number of ether oxygens (including phenoxy) is 1. The Kier molecular flexibility index (Phi) is 5.31. The lowest BCUT2D eigenvalue weighted by Gasteiger charge is -2.35. The van der Waals surface area contributed by atoms with Crippen molar-refractivity contribution in [1.29, 1.82) is 5.41 Å². The summed E-state index contributed by atoms with van der Waals surface area (Å²) in [4.78, 5) is 3.42. The van der Waals surface area contributed by atoms with Crippen molar-refractivity contribution in [3.8, 4) is 0 Å². The van der Waals surface area contributed by atoms with Crippen LogP contribution in [0.4, 0.5) is 5.69 Å². The van der Waals surface area contributed by atoms with E-state index >= 15 is 0 Å². The highest BCUT2D eigenvalue weighted by atomic mass is 32.2. The first-order valence-corrected chi connectivity index (χ1v) is 8.15. The Morgan fingerprint density at radius 3 is 3.00 bits per heavy atom. The van der Waals surface area contributed by atoms with Crippen LogP contribution in [0.3, 0.4) is 0 Å². The molecule has 1 aliphatic rings. The quantitative estimate of drug-likeness (QED) is 0.497. The molecule has 110 valence electrons. The Hall–Kier alpha value is -1.20. The number of nitrogens with two attached hydrogens (primary N) is 1. The van der Waals surface area contributed by atoms with Crippen LogP contribution in [0.25, 0.3) is 0 Å². The summed E-state index contributed by atoms with van der Waals surface area (Å²) in [6, 6.07) is 6.15. The molecule has 0 aromatic heterocycles. The second-order valence-corrected chi connectivity index (χ2v) is 6.03. The van der Waals surface area contributed by atoms with Gasteiger partial charge in [-0.25, -0.2) is 0 Å². The lowest BCUT2D eigenvalue weighted by Crippen LogP contribution is -2.38. The highest BCUT2D eigenvalue weighted by Crippen LogP contribution is 2.32. The molecule has 0 saturated carbocycles. The van der Waals surface area contributed by atoms with Crippen LogP contribution >= 0.6 is 11.8 Å². The lowest BCUT2D eigenvalue weighted by atomic mass is 9.97. The van der Waals surface area contributed by atoms with Gasteiger partial charge in [0.05, 0.1) is 12.2 Å². The van der Waals surface area contributed by atoms with Crippen LogP contribution in [0.2, 0.25) is 0 Å². The van der Waals surface area contributed by atoms with Crippen LogP contribution in [0.15, 0.2) is 23.1 Å². The minimum Gasteiger partial charge on any atom is -0.384 e. The van der Waals surface area contributed by atoms with Crippen molar-refractivity contribution in [3.05, 3.63) is 23.8 Å². The minimum absolute atomic E-state index is 0.152. The Morgan fingerprint density at radius 1 is 1.55 bits per heavy atom. The van der Waals surface area contributed by atoms with E-state index in [1.165, 1.54) is 6.42 Å². The third-order valence-electron chi connectivity index (χ3n) is 3.76. The van der Waals surface area contributed by atoms with Crippen molar-refractivity contribution in [2.75, 3.05) is 38.0 Å². The number of hydrogen-bond donors (Lipinski definition) is 2. The molecule has 1 fully saturated rings. The summed E-state index contributed by atoms with van der Waals surface area (Å²) in [5.41, 5.74) is 7.77. The molecule has 0 spiro atoms. The molecule has 3 N–H and O–H groups in total. The maximum absolute atomic E-state index is 7.88. The van der Waals surface area contributed by atoms with Crippen LogP contribution < -0.4 is 10.6 Å². The Labute approximate surface area is 125 Å². The summed E-state index contributed by atoms with van der Waals surface area (Å²) in [6.45, 7) is 2.80. The average Bonchev–Trinajstić information content (AvgIpc) is 2.47. The largest absolute Gasteiger partial charge is 0.384 e. The number of methoxy groups -OCH3 is 1. The van der Waals surface area contributed by atoms with E-state index in [0.29, 0.717) is 5.92 Å². The van der Waals surface area contributed by atoms with Gasteiger partial charge < -0.3 is 15.4 Å². The number of hydrogen-bond acceptors (Lipinski definition) is 4. The molecule has 1 unspecified atom stereocenters. The highest BCUT2D eigenvalue weighted by molar-refractivity contribution is 7.98. The molecule has 20 heavy (non-hydrogen) atoms. The monoisotopic (exact) mass is 293 g/mol. The van der Waals surface area contributed by atoms with Gasteiger partial charge in [0.2, 0.25) is 0 Å². The maximum atomic E-state index is 7.88. The molecule has 0 amide bonds. The number of piperidine rings is 1. The van der Waals surface area contributed by atoms with E-state index in [0.717, 1.165) is 42.3 Å². The fourth-order valence-electron chi connectivity index (χ4n) is 2.88. The number of nitrogen functional groups attached to an aromatic ring is 1. The zero-order chi connectivity index (χ0) is 14.5. The predicted molar refractivity (Wildman–Crippen MR) is 86.1 cm³/mol. The van der Waals surface area contributed by atoms with Gasteiger partial charge in [0.15, 0.2) is 0 Å². The van der Waals surface area contributed by atoms with Gasteiger partial charge in [-0.1, -0.05) is 6.07 Å². The van der Waals surface area contributed by atoms with Gasteiger partial charge >= 0.3 is 0 Å². The third kappa shape index (κ3) is 3.27. The molecule has 1 aromatic carbocycles. The Bertz CT molecular complexity index is 476. The third-order valence-corrected chi connectivity index (χ3v) is 4.54. The van der Waals surface area contributed by atoms with Crippen molar-refractivity contribution < 1.29 is 4.74 Å². The van der Waals surface area contributed by atoms with Gasteiger partial charge in [-0.3, -0.25) is 5.41 Å². The zero-order valence-electron chi connectivity index (χ0n) is 12.2. The summed E-state index contributed by atoms with van der Waals surface area (Å²) < 4.78 is 5.29. The molecule has 4 nitrogen and oxygen atoms in total. The van der Waals surface area contributed by atoms with Crippen LogP contribution in [-0.2, 0) is 4.74 Å². The molecule has 1 atom stereocenters. The van der Waals surface area contributed by atoms with E-state index in [9.17, 15) is 0 Å². The van der Waals surface area contributed by atoms with Gasteiger partial charge in [-0.2, -0.15) is 0 Å². The fourth-order valence-corrected chi connectivity index (χ4v) is 3.51. The summed E-state index contributed by atoms with van der Waals surface area (Å²) >= 11 is 1.64. The molecular formula is C15H23N3OS. The first-order chi connectivity index (χ1) is 9.67. The van der Waals surface area contributed by atoms with Crippen molar-refractivity contribution >= 4 is 23.3 Å². The smallest absolute Gasteiger partial charge is 0.126 e. The standard InChI is InChI=1S/C15H23N3OS/c1-19-10-11-5-4-8-18(9-11)12-6-3-7-13(20-2)14(12)15(16)17/h3,6-7,11H,4-5,8-10H2,1-2H3,(H3,16,17). The van der Waals surface area contributed by atoms with Gasteiger partial charge in [-0.05, 0) is 37.1 Å². The SMILES string of the molecule is COCC1CCCN(c2cccc(SC)c2C(=N)N)C1. The van der Waals surface area contributed by atoms with Gasteiger partial charge in [-0.15, -0.1) is 11.8 Å². The minimum atomic E-state index is 0.152. The first kappa shape index (κ1) is 15.2. The molecule has 2 rings (SSSR count). The zero-order valence-corrected chi connectivity index (χ0v) is 13.0. The molecule has 1 aliphatic heterocycles. The summed E-state index contributed by atoms with van der Waals surface area (Å²) in [7, 11) is 1.76. The molecule has 5 heteroatoms. The molecular weight excluding hydrogens is 270 g/mol. The fraction of sp³-hybridized carbons (Fsp3) is 0.533. The summed E-state index contributed by atoms with van der Waals surface area (Å²) in [5.74, 6) is 0.713. The maximum Gasteiger partial charge on any atom is 0.126 e. The number of anilines is 1. The Morgan fingerprint density at radius 2 is 2.35 bits per heavy atom. The number of nitrogens with zero attached hydrogens (tertiary/aromatic N) is 1. The van der Waals surface area contributed by atoms with Crippen molar-refractivity contribution in [3.63, 3.8) is 0 Å². The van der Waals surface area contributed by atoms with Crippen molar-refractivity contribution in [1.82, 2.24) is 0 Å². The number of benzene rings is 1. The normalized spacial score (nSPS) is 19.1. The predicted octanol–water partition coefficient (Wildman–Crippen LogP) is 2.56. The molecule has 0 radical (unpaired) electrons. The van der Waals surface area contributed by atoms with E-state index in [-0.39, 0.29) is 5.84 Å². The van der Waals surface area contributed by atoms with Gasteiger partial charge in [0.1, 0.15) is 5.84 Å². The number of thioether (sulfide) groups is 1. The van der Waals surface area contributed by atoms with Crippen LogP contribution in [0, 0.1) is 11.3 Å². The molecule has 1 aromatic rings. The molecule has 0 bridgehead atoms. The van der Waals surface area contributed by atoms with Crippen LogP contribution in [0.1, 0.15) is 18.4 Å². The van der Waals surface area contributed by atoms with E-state index in [1.54, 1.807) is 18.9 Å². The molecule has 0 aliphatic carbocycles. The van der Waals surface area contributed by atoms with E-state index in [1.807, 2.05) is 18.4 Å². The van der Waals surface area contributed by atoms with Crippen molar-refractivity contribution in [2.45, 2.75) is 17.7 Å². The highest BCUT2D eigenvalue weighted by Gasteiger charge is 2.23. The number of nitrogens with one attached hydrogen (secondary N) is 1.